The van der Waals surface area contributed by atoms with Gasteiger partial charge in [0.1, 0.15) is 23.1 Å². The van der Waals surface area contributed by atoms with Crippen LogP contribution >= 0.6 is 0 Å². The molecule has 2 amide bonds. The second kappa shape index (κ2) is 5.79. The number of methoxy groups -OCH3 is 1. The number of unbranched alkanes of at least 4 members (excludes halogenated alkanes) is 1. The molecule has 6 nitrogen and oxygen atoms in total. The molecule has 0 aromatic rings. The first kappa shape index (κ1) is 13.5. The van der Waals surface area contributed by atoms with E-state index in [-0.39, 0.29) is 29.3 Å². The molecule has 18 heavy (non-hydrogen) atoms. The fourth-order valence-corrected chi connectivity index (χ4v) is 4.45. The summed E-state index contributed by atoms with van der Waals surface area (Å²) in [6, 6.07) is -0.179. The highest BCUT2D eigenvalue weighted by Crippen LogP contribution is 2.28. The number of fused-ring (bicyclic) bond motifs is 1. The van der Waals surface area contributed by atoms with Crippen LogP contribution in [-0.4, -0.2) is 46.7 Å². The van der Waals surface area contributed by atoms with Gasteiger partial charge >= 0.3 is 12.0 Å². The van der Waals surface area contributed by atoms with Crippen LogP contribution in [0.2, 0.25) is 0 Å². The van der Waals surface area contributed by atoms with E-state index in [9.17, 15) is 14.1 Å². The second-order valence-electron chi connectivity index (χ2n) is 4.66. The molecule has 2 fully saturated rings. The van der Waals surface area contributed by atoms with Gasteiger partial charge in [0.05, 0.1) is 7.11 Å². The molecule has 0 aromatic heterocycles. The van der Waals surface area contributed by atoms with Gasteiger partial charge in [-0.1, -0.05) is 0 Å². The van der Waals surface area contributed by atoms with E-state index in [0.717, 1.165) is 19.3 Å². The first-order valence-electron chi connectivity index (χ1n) is 6.13. The second-order valence-corrected chi connectivity index (χ2v) is 6.36. The number of hydrogen-bond acceptors (Lipinski definition) is 4. The fraction of sp³-hybridized carbons (Fsp3) is 0.818. The van der Waals surface area contributed by atoms with Crippen LogP contribution in [0.25, 0.3) is 0 Å². The summed E-state index contributed by atoms with van der Waals surface area (Å²) in [6.07, 6.45) is 2.73. The van der Waals surface area contributed by atoms with E-state index in [1.54, 1.807) is 0 Å². The lowest BCUT2D eigenvalue weighted by Gasteiger charge is -2.17. The van der Waals surface area contributed by atoms with Crippen LogP contribution < -0.4 is 10.6 Å². The van der Waals surface area contributed by atoms with Crippen LogP contribution in [0, 0.1) is 0 Å². The van der Waals surface area contributed by atoms with Gasteiger partial charge in [-0.2, -0.15) is 0 Å². The summed E-state index contributed by atoms with van der Waals surface area (Å²) >= 11 is -0.894. The average molecular weight is 274 g/mol. The third-order valence-electron chi connectivity index (χ3n) is 3.48. The molecule has 2 rings (SSSR count). The number of urea groups is 1. The Balaban J connectivity index is 1.75. The molecule has 0 bridgehead atoms. The molecule has 2 aliphatic rings. The maximum Gasteiger partial charge on any atom is 0.315 e. The molecule has 2 saturated heterocycles. The summed E-state index contributed by atoms with van der Waals surface area (Å²) in [6.45, 7) is 0. The number of esters is 1. The molecule has 2 aliphatic heterocycles. The summed E-state index contributed by atoms with van der Waals surface area (Å²) in [7, 11) is 1.37. The molecule has 0 aromatic carbocycles. The number of rotatable bonds is 5. The average Bonchev–Trinajstić information content (AvgIpc) is 2.81. The summed E-state index contributed by atoms with van der Waals surface area (Å²) in [5.74, 6) is 0.321. The highest BCUT2D eigenvalue weighted by molar-refractivity contribution is 7.92. The van der Waals surface area contributed by atoms with Gasteiger partial charge in [-0.05, 0) is 30.4 Å². The molecular formula is C11H18N2O4S. The monoisotopic (exact) mass is 274 g/mol. The highest BCUT2D eigenvalue weighted by Gasteiger charge is 2.50. The fourth-order valence-electron chi connectivity index (χ4n) is 2.54. The van der Waals surface area contributed by atoms with Crippen molar-refractivity contribution in [1.82, 2.24) is 10.6 Å². The van der Waals surface area contributed by atoms with Gasteiger partial charge in [-0.15, -0.1) is 0 Å². The highest BCUT2D eigenvalue weighted by atomic mass is 32.2. The van der Waals surface area contributed by atoms with Crippen molar-refractivity contribution in [2.24, 2.45) is 0 Å². The first-order chi connectivity index (χ1) is 8.61. The normalized spacial score (nSPS) is 33.8. The number of hydrogen-bond donors (Lipinski definition) is 2. The largest absolute Gasteiger partial charge is 0.616 e. The van der Waals surface area contributed by atoms with Crippen molar-refractivity contribution in [2.75, 3.05) is 12.9 Å². The number of ether oxygens (including phenoxy) is 1. The van der Waals surface area contributed by atoms with Gasteiger partial charge < -0.3 is 19.9 Å². The number of carbonyl (C=O) groups excluding carboxylic acids is 2. The Bertz CT molecular complexity index is 339. The summed E-state index contributed by atoms with van der Waals surface area (Å²) < 4.78 is 16.5. The van der Waals surface area contributed by atoms with Crippen LogP contribution in [0.15, 0.2) is 0 Å². The molecule has 0 unspecified atom stereocenters. The zero-order valence-electron chi connectivity index (χ0n) is 10.3. The first-order valence-corrected chi connectivity index (χ1v) is 7.51. The molecular weight excluding hydrogens is 256 g/mol. The molecule has 4 atom stereocenters. The van der Waals surface area contributed by atoms with Crippen LogP contribution in [0.1, 0.15) is 25.7 Å². The van der Waals surface area contributed by atoms with Gasteiger partial charge in [0.2, 0.25) is 0 Å². The van der Waals surface area contributed by atoms with Crippen LogP contribution in [0.5, 0.6) is 0 Å². The lowest BCUT2D eigenvalue weighted by Crippen LogP contribution is -2.39. The molecule has 102 valence electrons. The molecule has 2 heterocycles. The van der Waals surface area contributed by atoms with Crippen molar-refractivity contribution in [3.8, 4) is 0 Å². The summed E-state index contributed by atoms with van der Waals surface area (Å²) in [4.78, 5) is 22.1. The SMILES string of the molecule is COC(=O)CCCC[C@H]1[C@H]2NC(=O)N[C@@H]2C[S@+]1[O-]. The lowest BCUT2D eigenvalue weighted by molar-refractivity contribution is -0.140. The molecule has 2 N–H and O–H groups in total. The van der Waals surface area contributed by atoms with Crippen molar-refractivity contribution in [3.05, 3.63) is 0 Å². The molecule has 0 radical (unpaired) electrons. The number of amides is 2. The van der Waals surface area contributed by atoms with E-state index in [2.05, 4.69) is 15.4 Å². The zero-order chi connectivity index (χ0) is 13.1. The van der Waals surface area contributed by atoms with Gasteiger partial charge in [0.15, 0.2) is 0 Å². The van der Waals surface area contributed by atoms with Crippen LogP contribution in [0.3, 0.4) is 0 Å². The topological polar surface area (TPSA) is 90.5 Å². The Morgan fingerprint density at radius 2 is 2.28 bits per heavy atom. The van der Waals surface area contributed by atoms with E-state index in [0.29, 0.717) is 12.2 Å². The van der Waals surface area contributed by atoms with E-state index in [1.165, 1.54) is 7.11 Å². The standard InChI is InChI=1S/C11H18N2O4S/c1-17-9(14)5-3-2-4-8-10-7(6-18(8)16)12-11(15)13-10/h7-8,10H,2-6H2,1H3,(H2,12,13,15)/t7-,8+,10+,18+/m1/s1. The smallest absolute Gasteiger partial charge is 0.315 e. The Labute approximate surface area is 109 Å². The Morgan fingerprint density at radius 1 is 1.50 bits per heavy atom. The maximum absolute atomic E-state index is 11.9. The Morgan fingerprint density at radius 3 is 3.00 bits per heavy atom. The molecule has 7 heteroatoms. The quantitative estimate of drug-likeness (QED) is 0.317. The van der Waals surface area contributed by atoms with Crippen molar-refractivity contribution in [1.29, 1.82) is 0 Å². The van der Waals surface area contributed by atoms with E-state index in [4.69, 9.17) is 0 Å². The van der Waals surface area contributed by atoms with E-state index < -0.39 is 11.2 Å². The number of carbonyl (C=O) groups is 2. The minimum Gasteiger partial charge on any atom is -0.616 e. The zero-order valence-corrected chi connectivity index (χ0v) is 11.1. The molecule has 0 aliphatic carbocycles. The van der Waals surface area contributed by atoms with Gasteiger partial charge in [0.25, 0.3) is 0 Å². The van der Waals surface area contributed by atoms with E-state index in [1.807, 2.05) is 0 Å². The molecule has 0 saturated carbocycles. The van der Waals surface area contributed by atoms with Gasteiger partial charge in [-0.25, -0.2) is 4.79 Å². The Kier molecular flexibility index (Phi) is 4.34. The minimum atomic E-state index is -0.894. The van der Waals surface area contributed by atoms with Crippen LogP contribution in [0.4, 0.5) is 4.79 Å². The van der Waals surface area contributed by atoms with Gasteiger partial charge in [-0.3, -0.25) is 4.79 Å². The predicted octanol–water partition coefficient (Wildman–Crippen LogP) is -0.0993. The van der Waals surface area contributed by atoms with Crippen LogP contribution in [-0.2, 0) is 20.7 Å². The van der Waals surface area contributed by atoms with Crippen molar-refractivity contribution < 1.29 is 18.9 Å². The predicted molar refractivity (Wildman–Crippen MR) is 66.5 cm³/mol. The summed E-state index contributed by atoms with van der Waals surface area (Å²) in [5.41, 5.74) is 0. The van der Waals surface area contributed by atoms with Crippen molar-refractivity contribution in [2.45, 2.75) is 43.0 Å². The third-order valence-corrected chi connectivity index (χ3v) is 5.37. The Hall–Kier alpha value is -0.950. The minimum absolute atomic E-state index is 0.00365. The summed E-state index contributed by atoms with van der Waals surface area (Å²) in [5, 5.41) is 5.61. The van der Waals surface area contributed by atoms with E-state index >= 15 is 0 Å². The van der Waals surface area contributed by atoms with Crippen molar-refractivity contribution in [3.63, 3.8) is 0 Å². The van der Waals surface area contributed by atoms with Crippen molar-refractivity contribution >= 4 is 23.2 Å². The molecule has 0 spiro atoms. The number of nitrogens with one attached hydrogen (secondary N) is 2. The third kappa shape index (κ3) is 2.89. The van der Waals surface area contributed by atoms with Gasteiger partial charge in [0, 0.05) is 6.42 Å². The lowest BCUT2D eigenvalue weighted by atomic mass is 10.0. The maximum atomic E-state index is 11.9.